The van der Waals surface area contributed by atoms with Crippen molar-refractivity contribution in [3.05, 3.63) is 236 Å². The molecule has 11 aromatic rings. The highest BCUT2D eigenvalue weighted by Crippen LogP contribution is 2.50. The van der Waals surface area contributed by atoms with Crippen molar-refractivity contribution in [3.8, 4) is 55.6 Å². The first-order chi connectivity index (χ1) is 31.0. The second-order valence-corrected chi connectivity index (χ2v) is 17.2. The van der Waals surface area contributed by atoms with Gasteiger partial charge in [-0.05, 0) is 121 Å². The van der Waals surface area contributed by atoms with Crippen molar-refractivity contribution >= 4 is 49.8 Å². The van der Waals surface area contributed by atoms with Gasteiger partial charge < -0.3 is 9.32 Å². The van der Waals surface area contributed by atoms with Gasteiger partial charge in [-0.15, -0.1) is 0 Å². The van der Waals surface area contributed by atoms with E-state index in [0.29, 0.717) is 0 Å². The van der Waals surface area contributed by atoms with Gasteiger partial charge in [0.25, 0.3) is 0 Å². The van der Waals surface area contributed by atoms with Crippen LogP contribution in [0.3, 0.4) is 0 Å². The molecule has 1 aromatic heterocycles. The summed E-state index contributed by atoms with van der Waals surface area (Å²) in [4.78, 5) is 2.43. The predicted molar refractivity (Wildman–Crippen MR) is 265 cm³/mol. The quantitative estimate of drug-likeness (QED) is 0.160. The van der Waals surface area contributed by atoms with Gasteiger partial charge in [-0.3, -0.25) is 0 Å². The van der Waals surface area contributed by atoms with E-state index in [4.69, 9.17) is 4.42 Å². The maximum Gasteiger partial charge on any atom is 0.136 e. The molecular weight excluding hydrogens is 763 g/mol. The molecule has 1 heterocycles. The fourth-order valence-electron chi connectivity index (χ4n) is 10.3. The van der Waals surface area contributed by atoms with Crippen LogP contribution in [0.25, 0.3) is 88.3 Å². The van der Waals surface area contributed by atoms with Gasteiger partial charge in [0.05, 0.1) is 5.69 Å². The molecule has 2 heteroatoms. The molecule has 10 aromatic carbocycles. The minimum Gasteiger partial charge on any atom is -0.456 e. The zero-order valence-electron chi connectivity index (χ0n) is 35.2. The number of fused-ring (bicyclic) bond motifs is 7. The molecule has 2 nitrogen and oxygen atoms in total. The second kappa shape index (κ2) is 14.6. The van der Waals surface area contributed by atoms with Crippen molar-refractivity contribution in [3.63, 3.8) is 0 Å². The summed E-state index contributed by atoms with van der Waals surface area (Å²) in [6.45, 7) is 4.70. The molecule has 0 fully saturated rings. The van der Waals surface area contributed by atoms with E-state index in [1.807, 2.05) is 6.07 Å². The number of rotatable bonds is 7. The lowest BCUT2D eigenvalue weighted by Gasteiger charge is -2.29. The molecule has 0 atom stereocenters. The third-order valence-corrected chi connectivity index (χ3v) is 13.3. The molecular formula is C61H43NO. The zero-order valence-corrected chi connectivity index (χ0v) is 35.2. The van der Waals surface area contributed by atoms with Crippen LogP contribution in [0.1, 0.15) is 25.0 Å². The van der Waals surface area contributed by atoms with E-state index in [2.05, 4.69) is 237 Å². The Morgan fingerprint density at radius 3 is 1.79 bits per heavy atom. The molecule has 0 saturated heterocycles. The fourth-order valence-corrected chi connectivity index (χ4v) is 10.3. The van der Waals surface area contributed by atoms with Crippen molar-refractivity contribution in [2.45, 2.75) is 19.3 Å². The Hall–Kier alpha value is -7.94. The molecule has 0 saturated carbocycles. The second-order valence-electron chi connectivity index (χ2n) is 17.2. The average Bonchev–Trinajstić information content (AvgIpc) is 3.84. The summed E-state index contributed by atoms with van der Waals surface area (Å²) < 4.78 is 6.36. The Labute approximate surface area is 368 Å². The zero-order chi connectivity index (χ0) is 42.1. The summed E-state index contributed by atoms with van der Waals surface area (Å²) in [7, 11) is 0. The summed E-state index contributed by atoms with van der Waals surface area (Å²) in [5.74, 6) is 0. The minimum absolute atomic E-state index is 0.0670. The van der Waals surface area contributed by atoms with Gasteiger partial charge in [-0.1, -0.05) is 190 Å². The van der Waals surface area contributed by atoms with Crippen LogP contribution in [-0.2, 0) is 5.41 Å². The molecule has 63 heavy (non-hydrogen) atoms. The van der Waals surface area contributed by atoms with Crippen LogP contribution in [0, 0.1) is 0 Å². The molecule has 0 amide bonds. The minimum atomic E-state index is -0.0670. The van der Waals surface area contributed by atoms with Crippen LogP contribution >= 0.6 is 0 Å². The van der Waals surface area contributed by atoms with Crippen LogP contribution in [0.5, 0.6) is 0 Å². The third-order valence-electron chi connectivity index (χ3n) is 13.3. The highest BCUT2D eigenvalue weighted by Gasteiger charge is 2.35. The van der Waals surface area contributed by atoms with Crippen LogP contribution in [-0.4, -0.2) is 0 Å². The lowest BCUT2D eigenvalue weighted by atomic mass is 9.81. The topological polar surface area (TPSA) is 16.4 Å². The van der Waals surface area contributed by atoms with E-state index >= 15 is 0 Å². The molecule has 1 aliphatic carbocycles. The normalized spacial score (nSPS) is 12.7. The summed E-state index contributed by atoms with van der Waals surface area (Å²) in [6.07, 6.45) is 0. The van der Waals surface area contributed by atoms with E-state index in [9.17, 15) is 0 Å². The molecule has 0 unspecified atom stereocenters. The van der Waals surface area contributed by atoms with E-state index in [-0.39, 0.29) is 5.41 Å². The van der Waals surface area contributed by atoms with E-state index in [1.165, 1.54) is 60.8 Å². The van der Waals surface area contributed by atoms with Crippen molar-refractivity contribution in [1.82, 2.24) is 0 Å². The van der Waals surface area contributed by atoms with Crippen LogP contribution < -0.4 is 4.90 Å². The SMILES string of the molecule is CC1(C)c2ccccc2-c2ccc(-c3ccc(N(c4cccc(-c5cccc6oc7ccccc7c56)c4)c4ccccc4-c4cccc5cccc(-c6ccccc6)c45)cc3)cc21. The standard InChI is InChI=1S/C61H43NO/c1-61(2)54-28-9-6-22-49(54)50-37-34-43(39-55(50)61)40-32-35-45(36-33-40)62(46-21-12-20-44(38-46)48-26-15-31-58-60(48)53-24-8-11-30-57(53)63-58)56-29-10-7-23-51(56)52-27-14-19-42-18-13-25-47(59(42)52)41-16-4-3-5-17-41/h3-39H,1-2H3. The molecule has 0 spiro atoms. The fraction of sp³-hybridized carbons (Fsp3) is 0.0492. The predicted octanol–water partition coefficient (Wildman–Crippen LogP) is 17.2. The Kier molecular flexibility index (Phi) is 8.55. The van der Waals surface area contributed by atoms with Gasteiger partial charge in [-0.25, -0.2) is 0 Å². The Bertz CT molecular complexity index is 3530. The first-order valence-corrected chi connectivity index (χ1v) is 21.8. The number of furan rings is 1. The van der Waals surface area contributed by atoms with Crippen molar-refractivity contribution in [1.29, 1.82) is 0 Å². The van der Waals surface area contributed by atoms with Crippen LogP contribution in [0.15, 0.2) is 229 Å². The lowest BCUT2D eigenvalue weighted by molar-refractivity contribution is 0.660. The molecule has 0 bridgehead atoms. The molecule has 12 rings (SSSR count). The van der Waals surface area contributed by atoms with Gasteiger partial charge in [-0.2, -0.15) is 0 Å². The van der Waals surface area contributed by atoms with Gasteiger partial charge in [0.15, 0.2) is 0 Å². The molecule has 1 aliphatic rings. The molecule has 0 aliphatic heterocycles. The summed E-state index contributed by atoms with van der Waals surface area (Å²) in [6, 6.07) is 81.7. The molecule has 0 N–H and O–H groups in total. The first-order valence-electron chi connectivity index (χ1n) is 21.8. The molecule has 298 valence electrons. The Morgan fingerprint density at radius 1 is 0.349 bits per heavy atom. The van der Waals surface area contributed by atoms with Gasteiger partial charge in [0.1, 0.15) is 11.2 Å². The van der Waals surface area contributed by atoms with Gasteiger partial charge in [0, 0.05) is 33.1 Å². The summed E-state index contributed by atoms with van der Waals surface area (Å²) in [5.41, 5.74) is 19.9. The number of nitrogens with zero attached hydrogens (tertiary/aromatic N) is 1. The smallest absolute Gasteiger partial charge is 0.136 e. The van der Waals surface area contributed by atoms with E-state index in [0.717, 1.165) is 55.7 Å². The van der Waals surface area contributed by atoms with Crippen molar-refractivity contribution in [2.24, 2.45) is 0 Å². The van der Waals surface area contributed by atoms with Crippen LogP contribution in [0.4, 0.5) is 17.1 Å². The maximum atomic E-state index is 6.36. The Balaban J connectivity index is 1.04. The van der Waals surface area contributed by atoms with Crippen molar-refractivity contribution in [2.75, 3.05) is 4.90 Å². The maximum absolute atomic E-state index is 6.36. The van der Waals surface area contributed by atoms with Crippen LogP contribution in [0.2, 0.25) is 0 Å². The number of anilines is 3. The van der Waals surface area contributed by atoms with Crippen molar-refractivity contribution < 1.29 is 4.42 Å². The number of benzene rings is 10. The average molecular weight is 806 g/mol. The number of hydrogen-bond donors (Lipinski definition) is 0. The van der Waals surface area contributed by atoms with Gasteiger partial charge >= 0.3 is 0 Å². The summed E-state index contributed by atoms with van der Waals surface area (Å²) in [5, 5.41) is 4.70. The third kappa shape index (κ3) is 6.02. The first kappa shape index (κ1) is 36.9. The summed E-state index contributed by atoms with van der Waals surface area (Å²) >= 11 is 0. The lowest BCUT2D eigenvalue weighted by Crippen LogP contribution is -2.14. The van der Waals surface area contributed by atoms with E-state index < -0.39 is 0 Å². The Morgan fingerprint density at radius 2 is 0.952 bits per heavy atom. The number of para-hydroxylation sites is 2. The number of hydrogen-bond acceptors (Lipinski definition) is 2. The van der Waals surface area contributed by atoms with E-state index in [1.54, 1.807) is 0 Å². The molecule has 0 radical (unpaired) electrons. The monoisotopic (exact) mass is 805 g/mol. The van der Waals surface area contributed by atoms with Gasteiger partial charge in [0.2, 0.25) is 0 Å². The largest absolute Gasteiger partial charge is 0.456 e. The highest BCUT2D eigenvalue weighted by molar-refractivity contribution is 6.13. The highest BCUT2D eigenvalue weighted by atomic mass is 16.3.